The third-order valence-electron chi connectivity index (χ3n) is 1.82. The van der Waals surface area contributed by atoms with Crippen molar-refractivity contribution in [2.75, 3.05) is 13.4 Å². The highest BCUT2D eigenvalue weighted by Gasteiger charge is 2.09. The van der Waals surface area contributed by atoms with Crippen molar-refractivity contribution >= 4 is 33.3 Å². The maximum atomic E-state index is 9.42. The number of methoxy groups -OCH3 is 1. The van der Waals surface area contributed by atoms with Crippen LogP contribution in [0, 0.1) is 0 Å². The van der Waals surface area contributed by atoms with Gasteiger partial charge in [-0.1, -0.05) is 11.8 Å². The van der Waals surface area contributed by atoms with Gasteiger partial charge >= 0.3 is 0 Å². The van der Waals surface area contributed by atoms with Crippen molar-refractivity contribution in [3.05, 3.63) is 12.1 Å². The van der Waals surface area contributed by atoms with Crippen LogP contribution in [0.15, 0.2) is 16.5 Å². The lowest BCUT2D eigenvalue weighted by Crippen LogP contribution is -1.83. The third kappa shape index (κ3) is 1.53. The number of thioether (sulfide) groups is 1. The van der Waals surface area contributed by atoms with Gasteiger partial charge in [-0.2, -0.15) is 0 Å². The van der Waals surface area contributed by atoms with E-state index in [4.69, 9.17) is 4.74 Å². The second kappa shape index (κ2) is 3.67. The van der Waals surface area contributed by atoms with E-state index in [0.29, 0.717) is 5.75 Å². The normalized spacial score (nSPS) is 10.7. The van der Waals surface area contributed by atoms with Crippen molar-refractivity contribution < 1.29 is 9.84 Å². The monoisotopic (exact) mass is 227 g/mol. The van der Waals surface area contributed by atoms with Crippen molar-refractivity contribution in [3.8, 4) is 11.5 Å². The molecule has 0 spiro atoms. The Morgan fingerprint density at radius 1 is 1.50 bits per heavy atom. The van der Waals surface area contributed by atoms with Gasteiger partial charge in [0.05, 0.1) is 11.8 Å². The molecule has 0 saturated carbocycles. The smallest absolute Gasteiger partial charge is 0.151 e. The molecule has 0 amide bonds. The number of hydrogen-bond acceptors (Lipinski definition) is 5. The Bertz CT molecular complexity index is 467. The van der Waals surface area contributed by atoms with E-state index in [1.54, 1.807) is 42.3 Å². The zero-order chi connectivity index (χ0) is 10.1. The topological polar surface area (TPSA) is 42.4 Å². The predicted molar refractivity (Wildman–Crippen MR) is 59.6 cm³/mol. The summed E-state index contributed by atoms with van der Waals surface area (Å²) in [6, 6.07) is 3.28. The molecule has 0 aliphatic rings. The van der Waals surface area contributed by atoms with Crippen molar-refractivity contribution in [2.24, 2.45) is 0 Å². The number of rotatable bonds is 2. The van der Waals surface area contributed by atoms with Gasteiger partial charge in [0.2, 0.25) is 0 Å². The van der Waals surface area contributed by atoms with Crippen molar-refractivity contribution in [2.45, 2.75) is 4.34 Å². The molecular weight excluding hydrogens is 218 g/mol. The Labute approximate surface area is 89.7 Å². The summed E-state index contributed by atoms with van der Waals surface area (Å²) < 4.78 is 7.07. The zero-order valence-corrected chi connectivity index (χ0v) is 9.41. The van der Waals surface area contributed by atoms with Crippen LogP contribution in [0.1, 0.15) is 0 Å². The Morgan fingerprint density at radius 2 is 2.29 bits per heavy atom. The van der Waals surface area contributed by atoms with E-state index < -0.39 is 0 Å². The van der Waals surface area contributed by atoms with Gasteiger partial charge in [0.1, 0.15) is 17.0 Å². The molecule has 2 rings (SSSR count). The first-order chi connectivity index (χ1) is 6.74. The molecule has 2 aromatic rings. The minimum Gasteiger partial charge on any atom is -0.508 e. The van der Waals surface area contributed by atoms with Crippen LogP contribution in [0.25, 0.3) is 10.2 Å². The summed E-state index contributed by atoms with van der Waals surface area (Å²) >= 11 is 3.14. The van der Waals surface area contributed by atoms with Gasteiger partial charge in [0, 0.05) is 6.07 Å². The van der Waals surface area contributed by atoms with E-state index >= 15 is 0 Å². The standard InChI is InChI=1S/C9H9NO2S2/c1-12-6-3-5(11)4-7-8(6)10-9(13-2)14-7/h3-4,11H,1-2H3. The van der Waals surface area contributed by atoms with Gasteiger partial charge in [-0.25, -0.2) is 4.98 Å². The summed E-state index contributed by atoms with van der Waals surface area (Å²) in [6.45, 7) is 0. The molecular formula is C9H9NO2S2. The van der Waals surface area contributed by atoms with Crippen LogP contribution in [0.4, 0.5) is 0 Å². The van der Waals surface area contributed by atoms with Crippen LogP contribution < -0.4 is 4.74 Å². The molecule has 0 unspecified atom stereocenters. The van der Waals surface area contributed by atoms with Crippen LogP contribution in [-0.2, 0) is 0 Å². The molecule has 1 aromatic carbocycles. The average molecular weight is 227 g/mol. The number of aromatic hydroxyl groups is 1. The molecule has 3 nitrogen and oxygen atoms in total. The molecule has 0 aliphatic carbocycles. The molecule has 1 N–H and O–H groups in total. The molecule has 0 bridgehead atoms. The van der Waals surface area contributed by atoms with Gasteiger partial charge in [-0.15, -0.1) is 11.3 Å². The molecule has 14 heavy (non-hydrogen) atoms. The second-order valence-corrected chi connectivity index (χ2v) is 4.76. The average Bonchev–Trinajstić information content (AvgIpc) is 2.59. The first-order valence-electron chi connectivity index (χ1n) is 3.96. The first-order valence-corrected chi connectivity index (χ1v) is 6.00. The van der Waals surface area contributed by atoms with E-state index in [9.17, 15) is 5.11 Å². The van der Waals surface area contributed by atoms with E-state index in [1.807, 2.05) is 6.26 Å². The SMILES string of the molecule is COc1cc(O)cc2sc(SC)nc12. The Balaban J connectivity index is 2.71. The molecule has 74 valence electrons. The van der Waals surface area contributed by atoms with Crippen LogP contribution in [0.3, 0.4) is 0 Å². The van der Waals surface area contributed by atoms with Gasteiger partial charge in [-0.05, 0) is 12.3 Å². The Kier molecular flexibility index (Phi) is 2.52. The Morgan fingerprint density at radius 3 is 2.93 bits per heavy atom. The van der Waals surface area contributed by atoms with Crippen molar-refractivity contribution in [3.63, 3.8) is 0 Å². The van der Waals surface area contributed by atoms with E-state index in [1.165, 1.54) is 0 Å². The van der Waals surface area contributed by atoms with Crippen LogP contribution in [0.2, 0.25) is 0 Å². The summed E-state index contributed by atoms with van der Waals surface area (Å²) in [7, 11) is 1.58. The molecule has 0 atom stereocenters. The molecule has 5 heteroatoms. The van der Waals surface area contributed by atoms with E-state index in [-0.39, 0.29) is 5.75 Å². The summed E-state index contributed by atoms with van der Waals surface area (Å²) in [5, 5.41) is 9.42. The van der Waals surface area contributed by atoms with Crippen molar-refractivity contribution in [1.29, 1.82) is 0 Å². The predicted octanol–water partition coefficient (Wildman–Crippen LogP) is 2.73. The first kappa shape index (κ1) is 9.61. The number of phenolic OH excluding ortho intramolecular Hbond substituents is 1. The second-order valence-electron chi connectivity index (χ2n) is 2.68. The number of benzene rings is 1. The highest BCUT2D eigenvalue weighted by molar-refractivity contribution is 8.00. The van der Waals surface area contributed by atoms with Gasteiger partial charge in [-0.3, -0.25) is 0 Å². The maximum absolute atomic E-state index is 9.42. The number of thiazole rings is 1. The minimum atomic E-state index is 0.214. The number of fused-ring (bicyclic) bond motifs is 1. The van der Waals surface area contributed by atoms with Crippen LogP contribution in [-0.4, -0.2) is 23.5 Å². The van der Waals surface area contributed by atoms with Gasteiger partial charge in [0.25, 0.3) is 0 Å². The number of hydrogen-bond donors (Lipinski definition) is 1. The minimum absolute atomic E-state index is 0.214. The summed E-state index contributed by atoms with van der Waals surface area (Å²) in [6.07, 6.45) is 1.98. The quantitative estimate of drug-likeness (QED) is 0.801. The lowest BCUT2D eigenvalue weighted by Gasteiger charge is -2.00. The highest BCUT2D eigenvalue weighted by atomic mass is 32.2. The van der Waals surface area contributed by atoms with E-state index in [0.717, 1.165) is 14.6 Å². The summed E-state index contributed by atoms with van der Waals surface area (Å²) in [4.78, 5) is 4.39. The lowest BCUT2D eigenvalue weighted by molar-refractivity contribution is 0.412. The molecule has 1 heterocycles. The maximum Gasteiger partial charge on any atom is 0.151 e. The number of nitrogens with zero attached hydrogens (tertiary/aromatic N) is 1. The molecule has 0 fully saturated rings. The highest BCUT2D eigenvalue weighted by Crippen LogP contribution is 2.36. The fraction of sp³-hybridized carbons (Fsp3) is 0.222. The zero-order valence-electron chi connectivity index (χ0n) is 7.77. The molecule has 0 radical (unpaired) electrons. The largest absolute Gasteiger partial charge is 0.508 e. The fourth-order valence-corrected chi connectivity index (χ4v) is 2.74. The molecule has 1 aromatic heterocycles. The number of aromatic nitrogens is 1. The van der Waals surface area contributed by atoms with E-state index in [2.05, 4.69) is 4.98 Å². The summed E-state index contributed by atoms with van der Waals surface area (Å²) in [5.74, 6) is 0.835. The van der Waals surface area contributed by atoms with Crippen LogP contribution in [0.5, 0.6) is 11.5 Å². The number of ether oxygens (including phenoxy) is 1. The fourth-order valence-electron chi connectivity index (χ4n) is 1.21. The third-order valence-corrected chi connectivity index (χ3v) is 3.81. The lowest BCUT2D eigenvalue weighted by atomic mass is 10.3. The van der Waals surface area contributed by atoms with Crippen LogP contribution >= 0.6 is 23.1 Å². The molecule has 0 saturated heterocycles. The Hall–Kier alpha value is -0.940. The van der Waals surface area contributed by atoms with Crippen molar-refractivity contribution in [1.82, 2.24) is 4.98 Å². The van der Waals surface area contributed by atoms with Gasteiger partial charge in [0.15, 0.2) is 4.34 Å². The molecule has 0 aliphatic heterocycles. The summed E-state index contributed by atoms with van der Waals surface area (Å²) in [5.41, 5.74) is 0.819. The van der Waals surface area contributed by atoms with Gasteiger partial charge < -0.3 is 9.84 Å². The number of phenols is 1.